The number of benzene rings is 7. The molecule has 0 saturated heterocycles. The summed E-state index contributed by atoms with van der Waals surface area (Å²) >= 11 is 0. The van der Waals surface area contributed by atoms with E-state index >= 15 is 0 Å². The standard InChI is InChI=1S/C42H29N3/c1-42(2)36-25-28(41-44-39(26-13-5-3-6-14-26)43-40(45-41)27-15-7-4-8-16-27)21-22-32(36)35-24-23-34-31-19-10-9-17-29(31)30-18-11-12-20-33(30)37(34)38(35)42/h3-25H,1-2H3. The van der Waals surface area contributed by atoms with Gasteiger partial charge in [-0.15, -0.1) is 0 Å². The Morgan fingerprint density at radius 1 is 0.400 bits per heavy atom. The summed E-state index contributed by atoms with van der Waals surface area (Å²) in [7, 11) is 0. The van der Waals surface area contributed by atoms with Gasteiger partial charge in [-0.3, -0.25) is 0 Å². The molecule has 0 N–H and O–H groups in total. The number of aromatic nitrogens is 3. The molecule has 0 unspecified atom stereocenters. The van der Waals surface area contributed by atoms with Crippen LogP contribution in [0.4, 0.5) is 0 Å². The molecule has 7 aromatic carbocycles. The third-order valence-electron chi connectivity index (χ3n) is 9.47. The van der Waals surface area contributed by atoms with Crippen molar-refractivity contribution in [3.05, 3.63) is 151 Å². The predicted molar refractivity (Wildman–Crippen MR) is 186 cm³/mol. The van der Waals surface area contributed by atoms with Crippen molar-refractivity contribution in [3.8, 4) is 45.3 Å². The molecule has 0 bridgehead atoms. The highest BCUT2D eigenvalue weighted by molar-refractivity contribution is 6.27. The molecule has 1 aromatic heterocycles. The monoisotopic (exact) mass is 575 g/mol. The molecule has 0 spiro atoms. The van der Waals surface area contributed by atoms with E-state index in [2.05, 4.69) is 117 Å². The van der Waals surface area contributed by atoms with Gasteiger partial charge in [-0.25, -0.2) is 15.0 Å². The Morgan fingerprint density at radius 3 is 1.42 bits per heavy atom. The Hall–Kier alpha value is -5.67. The zero-order chi connectivity index (χ0) is 30.1. The minimum atomic E-state index is -0.233. The third kappa shape index (κ3) is 3.87. The summed E-state index contributed by atoms with van der Waals surface area (Å²) in [6.45, 7) is 4.73. The van der Waals surface area contributed by atoms with Crippen molar-refractivity contribution in [2.75, 3.05) is 0 Å². The van der Waals surface area contributed by atoms with Crippen LogP contribution in [0.2, 0.25) is 0 Å². The summed E-state index contributed by atoms with van der Waals surface area (Å²) < 4.78 is 0. The highest BCUT2D eigenvalue weighted by Gasteiger charge is 2.38. The van der Waals surface area contributed by atoms with Crippen molar-refractivity contribution in [1.82, 2.24) is 15.0 Å². The lowest BCUT2D eigenvalue weighted by Gasteiger charge is -2.25. The molecule has 0 atom stereocenters. The Morgan fingerprint density at radius 2 is 0.844 bits per heavy atom. The second-order valence-corrected chi connectivity index (χ2v) is 12.4. The van der Waals surface area contributed by atoms with Crippen LogP contribution in [-0.2, 0) is 5.41 Å². The minimum absolute atomic E-state index is 0.233. The van der Waals surface area contributed by atoms with Crippen molar-refractivity contribution in [2.45, 2.75) is 19.3 Å². The summed E-state index contributed by atoms with van der Waals surface area (Å²) in [5, 5.41) is 7.86. The molecule has 3 heteroatoms. The molecule has 45 heavy (non-hydrogen) atoms. The predicted octanol–water partition coefficient (Wildman–Crippen LogP) is 10.6. The molecule has 1 aliphatic carbocycles. The minimum Gasteiger partial charge on any atom is -0.208 e. The van der Waals surface area contributed by atoms with Crippen LogP contribution in [-0.4, -0.2) is 15.0 Å². The van der Waals surface area contributed by atoms with Gasteiger partial charge < -0.3 is 0 Å². The van der Waals surface area contributed by atoms with Crippen LogP contribution < -0.4 is 0 Å². The van der Waals surface area contributed by atoms with Crippen LogP contribution in [0.3, 0.4) is 0 Å². The molecule has 212 valence electrons. The fourth-order valence-corrected chi connectivity index (χ4v) is 7.38. The average molecular weight is 576 g/mol. The summed E-state index contributed by atoms with van der Waals surface area (Å²) in [4.78, 5) is 14.9. The van der Waals surface area contributed by atoms with Gasteiger partial charge in [-0.1, -0.05) is 147 Å². The molecular formula is C42H29N3. The molecule has 1 aliphatic rings. The highest BCUT2D eigenvalue weighted by Crippen LogP contribution is 2.54. The first-order chi connectivity index (χ1) is 22.1. The summed E-state index contributed by atoms with van der Waals surface area (Å²) in [6.07, 6.45) is 0. The molecule has 0 amide bonds. The number of hydrogen-bond donors (Lipinski definition) is 0. The highest BCUT2D eigenvalue weighted by atomic mass is 15.0. The largest absolute Gasteiger partial charge is 0.208 e. The van der Waals surface area contributed by atoms with Crippen LogP contribution in [0.15, 0.2) is 140 Å². The van der Waals surface area contributed by atoms with Gasteiger partial charge >= 0.3 is 0 Å². The fourth-order valence-electron chi connectivity index (χ4n) is 7.38. The van der Waals surface area contributed by atoms with Crippen molar-refractivity contribution in [2.24, 2.45) is 0 Å². The van der Waals surface area contributed by atoms with Crippen molar-refractivity contribution in [1.29, 1.82) is 0 Å². The van der Waals surface area contributed by atoms with E-state index in [1.807, 2.05) is 36.4 Å². The Balaban J connectivity index is 1.27. The molecular weight excluding hydrogens is 546 g/mol. The Kier molecular flexibility index (Phi) is 5.54. The van der Waals surface area contributed by atoms with Gasteiger partial charge in [0.25, 0.3) is 0 Å². The van der Waals surface area contributed by atoms with Gasteiger partial charge in [0.2, 0.25) is 0 Å². The molecule has 0 radical (unpaired) electrons. The average Bonchev–Trinajstić information content (AvgIpc) is 3.34. The number of fused-ring (bicyclic) bond motifs is 10. The summed E-state index contributed by atoms with van der Waals surface area (Å²) in [5.41, 5.74) is 7.96. The first-order valence-electron chi connectivity index (χ1n) is 15.5. The van der Waals surface area contributed by atoms with E-state index in [-0.39, 0.29) is 5.41 Å². The van der Waals surface area contributed by atoms with Crippen LogP contribution >= 0.6 is 0 Å². The zero-order valence-electron chi connectivity index (χ0n) is 25.1. The van der Waals surface area contributed by atoms with E-state index in [1.165, 1.54) is 54.6 Å². The molecule has 8 aromatic rings. The second kappa shape index (κ2) is 9.67. The van der Waals surface area contributed by atoms with Crippen molar-refractivity contribution < 1.29 is 0 Å². The van der Waals surface area contributed by atoms with Gasteiger partial charge in [0.1, 0.15) is 0 Å². The third-order valence-corrected chi connectivity index (χ3v) is 9.47. The fraction of sp³-hybridized carbons (Fsp3) is 0.0714. The number of nitrogens with zero attached hydrogens (tertiary/aromatic N) is 3. The van der Waals surface area contributed by atoms with Crippen molar-refractivity contribution in [3.63, 3.8) is 0 Å². The molecule has 9 rings (SSSR count). The topological polar surface area (TPSA) is 38.7 Å². The zero-order valence-corrected chi connectivity index (χ0v) is 25.1. The number of rotatable bonds is 3. The maximum absolute atomic E-state index is 5.02. The van der Waals surface area contributed by atoms with Gasteiger partial charge in [0, 0.05) is 22.1 Å². The van der Waals surface area contributed by atoms with E-state index in [0.29, 0.717) is 17.5 Å². The van der Waals surface area contributed by atoms with E-state index in [1.54, 1.807) is 0 Å². The van der Waals surface area contributed by atoms with Crippen LogP contribution in [0.5, 0.6) is 0 Å². The van der Waals surface area contributed by atoms with Crippen LogP contribution in [0, 0.1) is 0 Å². The maximum Gasteiger partial charge on any atom is 0.164 e. The normalized spacial score (nSPS) is 13.3. The van der Waals surface area contributed by atoms with Crippen LogP contribution in [0.25, 0.3) is 77.6 Å². The smallest absolute Gasteiger partial charge is 0.164 e. The van der Waals surface area contributed by atoms with E-state index in [9.17, 15) is 0 Å². The SMILES string of the molecule is CC1(C)c2cc(-c3nc(-c4ccccc4)nc(-c4ccccc4)n3)ccc2-c2ccc3c4ccccc4c4ccccc4c3c21. The Bertz CT molecular complexity index is 2350. The van der Waals surface area contributed by atoms with Crippen molar-refractivity contribution >= 4 is 32.3 Å². The maximum atomic E-state index is 5.02. The number of hydrogen-bond acceptors (Lipinski definition) is 3. The lowest BCUT2D eigenvalue weighted by atomic mass is 9.78. The van der Waals surface area contributed by atoms with E-state index < -0.39 is 0 Å². The van der Waals surface area contributed by atoms with Crippen LogP contribution in [0.1, 0.15) is 25.0 Å². The molecule has 0 aliphatic heterocycles. The van der Waals surface area contributed by atoms with Gasteiger partial charge in [0.05, 0.1) is 0 Å². The molecule has 1 heterocycles. The first-order valence-corrected chi connectivity index (χ1v) is 15.5. The second-order valence-electron chi connectivity index (χ2n) is 12.4. The first kappa shape index (κ1) is 25.8. The van der Waals surface area contributed by atoms with Gasteiger partial charge in [-0.05, 0) is 60.6 Å². The van der Waals surface area contributed by atoms with E-state index in [4.69, 9.17) is 15.0 Å². The Labute approximate surface area is 261 Å². The summed E-state index contributed by atoms with van der Waals surface area (Å²) in [6, 6.07) is 49.4. The van der Waals surface area contributed by atoms with E-state index in [0.717, 1.165) is 16.7 Å². The lowest BCUT2D eigenvalue weighted by molar-refractivity contribution is 0.667. The molecule has 0 fully saturated rings. The molecule has 3 nitrogen and oxygen atoms in total. The quantitative estimate of drug-likeness (QED) is 0.197. The van der Waals surface area contributed by atoms with Gasteiger partial charge in [0.15, 0.2) is 17.5 Å². The molecule has 0 saturated carbocycles. The summed E-state index contributed by atoms with van der Waals surface area (Å²) in [5.74, 6) is 2.03. The lowest BCUT2D eigenvalue weighted by Crippen LogP contribution is -2.16. The van der Waals surface area contributed by atoms with Gasteiger partial charge in [-0.2, -0.15) is 0 Å².